The average Bonchev–Trinajstić information content (AvgIpc) is 3.53. The van der Waals surface area contributed by atoms with Gasteiger partial charge in [-0.1, -0.05) is 32.6 Å². The minimum Gasteiger partial charge on any atom is -0.398 e. The van der Waals surface area contributed by atoms with Crippen LogP contribution in [-0.4, -0.2) is 38.6 Å². The second-order valence-electron chi connectivity index (χ2n) is 9.91. The summed E-state index contributed by atoms with van der Waals surface area (Å²) in [4.78, 5) is 12.7. The number of fused-ring (bicyclic) bond motifs is 1. The predicted molar refractivity (Wildman–Crippen MR) is 139 cm³/mol. The first-order valence-corrected chi connectivity index (χ1v) is 12.3. The van der Waals surface area contributed by atoms with Crippen LogP contribution in [0, 0.1) is 24.1 Å². The molecule has 1 saturated heterocycles. The molecule has 35 heavy (non-hydrogen) atoms. The van der Waals surface area contributed by atoms with E-state index in [0.717, 1.165) is 59.0 Å². The number of nitrogen functional groups attached to an aromatic ring is 1. The maximum absolute atomic E-state index is 14.0. The van der Waals surface area contributed by atoms with Gasteiger partial charge in [0.05, 0.1) is 30.3 Å². The Morgan fingerprint density at radius 3 is 2.71 bits per heavy atom. The van der Waals surface area contributed by atoms with Crippen molar-refractivity contribution in [3.8, 4) is 11.1 Å². The lowest BCUT2D eigenvalue weighted by atomic mass is 9.92. The SMILES string of the molecule is C=C(N1Cc2nc(C(=N)c3c(C)cc(-c4cc(F)ccc4CC)cc3N)[nH]c2C1)N1CCC(C)C1. The van der Waals surface area contributed by atoms with Gasteiger partial charge in [-0.15, -0.1) is 0 Å². The zero-order valence-electron chi connectivity index (χ0n) is 20.7. The van der Waals surface area contributed by atoms with Gasteiger partial charge < -0.3 is 20.5 Å². The van der Waals surface area contributed by atoms with E-state index in [9.17, 15) is 4.39 Å². The van der Waals surface area contributed by atoms with E-state index >= 15 is 0 Å². The van der Waals surface area contributed by atoms with Gasteiger partial charge in [0.1, 0.15) is 11.5 Å². The summed E-state index contributed by atoms with van der Waals surface area (Å²) in [5.74, 6) is 2.01. The Kier molecular flexibility index (Phi) is 5.87. The molecule has 3 aromatic rings. The third-order valence-electron chi connectivity index (χ3n) is 7.32. The standard InChI is InChI=1S/C28H33FN6/c1-5-19-6-7-21(29)12-22(19)20-10-17(3)26(23(30)11-20)27(31)28-32-24-14-35(15-25(24)33-28)18(4)34-9-8-16(2)13-34/h6-7,10-12,16,31H,4-5,8-9,13-15,30H2,1-3H3,(H,32,33). The van der Waals surface area contributed by atoms with Crippen molar-refractivity contribution in [1.29, 1.82) is 5.41 Å². The van der Waals surface area contributed by atoms with Gasteiger partial charge in [0.15, 0.2) is 5.82 Å². The largest absolute Gasteiger partial charge is 0.398 e. The lowest BCUT2D eigenvalue weighted by Gasteiger charge is -2.29. The number of benzene rings is 2. The molecule has 3 heterocycles. The highest BCUT2D eigenvalue weighted by molar-refractivity contribution is 6.13. The molecule has 1 unspecified atom stereocenters. The van der Waals surface area contributed by atoms with Crippen molar-refractivity contribution in [3.05, 3.63) is 82.5 Å². The van der Waals surface area contributed by atoms with Gasteiger partial charge in [0, 0.05) is 24.3 Å². The fourth-order valence-corrected chi connectivity index (χ4v) is 5.36. The van der Waals surface area contributed by atoms with Crippen LogP contribution in [0.5, 0.6) is 0 Å². The number of H-pyrrole nitrogens is 1. The second-order valence-corrected chi connectivity index (χ2v) is 9.91. The Morgan fingerprint density at radius 1 is 1.26 bits per heavy atom. The fraction of sp³-hybridized carbons (Fsp3) is 0.357. The molecule has 1 atom stereocenters. The molecule has 0 saturated carbocycles. The minimum absolute atomic E-state index is 0.272. The predicted octanol–water partition coefficient (Wildman–Crippen LogP) is 5.21. The summed E-state index contributed by atoms with van der Waals surface area (Å²) in [6.45, 7) is 14.1. The van der Waals surface area contributed by atoms with E-state index < -0.39 is 0 Å². The molecule has 6 nitrogen and oxygen atoms in total. The van der Waals surface area contributed by atoms with Crippen LogP contribution in [0.3, 0.4) is 0 Å². The molecule has 2 aromatic carbocycles. The van der Waals surface area contributed by atoms with Crippen LogP contribution >= 0.6 is 0 Å². The molecule has 1 aromatic heterocycles. The molecule has 4 N–H and O–H groups in total. The smallest absolute Gasteiger partial charge is 0.156 e. The number of rotatable bonds is 6. The Labute approximate surface area is 206 Å². The number of hydrogen-bond acceptors (Lipinski definition) is 5. The third kappa shape index (κ3) is 4.20. The highest BCUT2D eigenvalue weighted by Gasteiger charge is 2.30. The highest BCUT2D eigenvalue weighted by Crippen LogP contribution is 2.33. The van der Waals surface area contributed by atoms with E-state index in [1.165, 1.54) is 12.5 Å². The molecule has 182 valence electrons. The van der Waals surface area contributed by atoms with E-state index in [2.05, 4.69) is 35.2 Å². The molecule has 2 aliphatic rings. The van der Waals surface area contributed by atoms with Crippen LogP contribution < -0.4 is 5.73 Å². The summed E-state index contributed by atoms with van der Waals surface area (Å²) in [5.41, 5.74) is 13.5. The first-order valence-electron chi connectivity index (χ1n) is 12.3. The Hall–Kier alpha value is -3.61. The molecule has 1 fully saturated rings. The summed E-state index contributed by atoms with van der Waals surface area (Å²) in [5, 5.41) is 8.87. The number of aryl methyl sites for hydroxylation is 2. The first kappa shape index (κ1) is 23.1. The van der Waals surface area contributed by atoms with Crippen molar-refractivity contribution in [2.24, 2.45) is 5.92 Å². The van der Waals surface area contributed by atoms with Gasteiger partial charge >= 0.3 is 0 Å². The Bertz CT molecular complexity index is 1280. The lowest BCUT2D eigenvalue weighted by molar-refractivity contribution is 0.234. The van der Waals surface area contributed by atoms with Gasteiger partial charge in [0.2, 0.25) is 0 Å². The lowest BCUT2D eigenvalue weighted by Crippen LogP contribution is -2.30. The summed E-state index contributed by atoms with van der Waals surface area (Å²) >= 11 is 0. The van der Waals surface area contributed by atoms with Crippen LogP contribution in [-0.2, 0) is 19.5 Å². The van der Waals surface area contributed by atoms with Crippen LogP contribution in [0.25, 0.3) is 11.1 Å². The van der Waals surface area contributed by atoms with E-state index in [4.69, 9.17) is 16.1 Å². The van der Waals surface area contributed by atoms with Crippen molar-refractivity contribution in [2.45, 2.75) is 46.7 Å². The fourth-order valence-electron chi connectivity index (χ4n) is 5.36. The molecule has 0 spiro atoms. The third-order valence-corrected chi connectivity index (χ3v) is 7.32. The zero-order valence-corrected chi connectivity index (χ0v) is 20.7. The van der Waals surface area contributed by atoms with Crippen molar-refractivity contribution in [1.82, 2.24) is 19.8 Å². The van der Waals surface area contributed by atoms with Gasteiger partial charge in [-0.3, -0.25) is 5.41 Å². The number of imidazole rings is 1. The number of likely N-dealkylation sites (tertiary alicyclic amines) is 1. The number of nitrogens with two attached hydrogens (primary N) is 1. The van der Waals surface area contributed by atoms with Gasteiger partial charge in [-0.05, 0) is 66.1 Å². The minimum atomic E-state index is -0.272. The Balaban J connectivity index is 1.37. The molecule has 2 aliphatic heterocycles. The molecule has 7 heteroatoms. The summed E-state index contributed by atoms with van der Waals surface area (Å²) < 4.78 is 14.0. The number of aromatic nitrogens is 2. The van der Waals surface area contributed by atoms with Crippen LogP contribution in [0.4, 0.5) is 10.1 Å². The van der Waals surface area contributed by atoms with Crippen molar-refractivity contribution in [2.75, 3.05) is 18.8 Å². The highest BCUT2D eigenvalue weighted by atomic mass is 19.1. The van der Waals surface area contributed by atoms with Gasteiger partial charge in [0.25, 0.3) is 0 Å². The van der Waals surface area contributed by atoms with E-state index in [0.29, 0.717) is 36.1 Å². The number of hydrogen-bond donors (Lipinski definition) is 3. The maximum Gasteiger partial charge on any atom is 0.156 e. The van der Waals surface area contributed by atoms with Crippen LogP contribution in [0.2, 0.25) is 0 Å². The Morgan fingerprint density at radius 2 is 2.06 bits per heavy atom. The maximum atomic E-state index is 14.0. The number of nitrogens with one attached hydrogen (secondary N) is 2. The topological polar surface area (TPSA) is 85.0 Å². The number of aromatic amines is 1. The van der Waals surface area contributed by atoms with Crippen molar-refractivity contribution < 1.29 is 4.39 Å². The van der Waals surface area contributed by atoms with E-state index in [1.54, 1.807) is 6.07 Å². The molecule has 5 rings (SSSR count). The molecule has 0 radical (unpaired) electrons. The van der Waals surface area contributed by atoms with Gasteiger partial charge in [-0.25, -0.2) is 9.37 Å². The molecule has 0 aliphatic carbocycles. The summed E-state index contributed by atoms with van der Waals surface area (Å²) in [7, 11) is 0. The first-order chi connectivity index (χ1) is 16.7. The zero-order chi connectivity index (χ0) is 24.9. The molecular formula is C28H33FN6. The van der Waals surface area contributed by atoms with Crippen molar-refractivity contribution >= 4 is 11.4 Å². The second kappa shape index (κ2) is 8.87. The molecule has 0 bridgehead atoms. The van der Waals surface area contributed by atoms with Crippen LogP contribution in [0.15, 0.2) is 42.7 Å². The summed E-state index contributed by atoms with van der Waals surface area (Å²) in [6, 6.07) is 8.68. The average molecular weight is 473 g/mol. The van der Waals surface area contributed by atoms with Crippen molar-refractivity contribution in [3.63, 3.8) is 0 Å². The van der Waals surface area contributed by atoms with Crippen LogP contribution in [0.1, 0.15) is 54.2 Å². The molecule has 0 amide bonds. The van der Waals surface area contributed by atoms with E-state index in [-0.39, 0.29) is 11.5 Å². The monoisotopic (exact) mass is 472 g/mol. The quantitative estimate of drug-likeness (QED) is 0.339. The van der Waals surface area contributed by atoms with Gasteiger partial charge in [-0.2, -0.15) is 0 Å². The normalized spacial score (nSPS) is 17.2. The van der Waals surface area contributed by atoms with E-state index in [1.807, 2.05) is 25.1 Å². The number of anilines is 1. The number of halogens is 1. The number of nitrogens with zero attached hydrogens (tertiary/aromatic N) is 3. The molecular weight excluding hydrogens is 439 g/mol. The summed E-state index contributed by atoms with van der Waals surface area (Å²) in [6.07, 6.45) is 2.00.